The van der Waals surface area contributed by atoms with E-state index >= 15 is 0 Å². The number of hydrogen-bond donors (Lipinski definition) is 1. The number of nitrogens with zero attached hydrogens (tertiary/aromatic N) is 1. The Bertz CT molecular complexity index is 698. The van der Waals surface area contributed by atoms with Crippen LogP contribution in [0.2, 0.25) is 0 Å². The first-order valence-electron chi connectivity index (χ1n) is 7.79. The summed E-state index contributed by atoms with van der Waals surface area (Å²) >= 11 is 0. The average Bonchev–Trinajstić information content (AvgIpc) is 2.94. The summed E-state index contributed by atoms with van der Waals surface area (Å²) in [6.45, 7) is 3.47. The van der Waals surface area contributed by atoms with Crippen LogP contribution in [0.4, 0.5) is 13.2 Å². The summed E-state index contributed by atoms with van der Waals surface area (Å²) in [6, 6.07) is 11.0. The molecule has 2 N–H and O–H groups in total. The summed E-state index contributed by atoms with van der Waals surface area (Å²) in [6.07, 6.45) is -4.31. The minimum Gasteiger partial charge on any atom is -0.489 e. The third-order valence-corrected chi connectivity index (χ3v) is 4.10. The van der Waals surface area contributed by atoms with Crippen molar-refractivity contribution in [1.82, 2.24) is 4.90 Å². The minimum atomic E-state index is -4.31. The Morgan fingerprint density at radius 2 is 1.71 bits per heavy atom. The van der Waals surface area contributed by atoms with Gasteiger partial charge in [-0.3, -0.25) is 4.90 Å². The molecule has 0 saturated carbocycles. The van der Waals surface area contributed by atoms with Crippen LogP contribution < -0.4 is 10.5 Å². The highest BCUT2D eigenvalue weighted by Gasteiger charge is 2.29. The predicted molar refractivity (Wildman–Crippen MR) is 85.4 cm³/mol. The van der Waals surface area contributed by atoms with Gasteiger partial charge >= 0.3 is 6.18 Å². The maximum absolute atomic E-state index is 12.5. The molecule has 0 aliphatic carbocycles. The second-order valence-electron chi connectivity index (χ2n) is 5.91. The van der Waals surface area contributed by atoms with Gasteiger partial charge in [0.05, 0.1) is 5.56 Å². The lowest BCUT2D eigenvalue weighted by atomic mass is 10.1. The van der Waals surface area contributed by atoms with E-state index in [9.17, 15) is 13.2 Å². The van der Waals surface area contributed by atoms with Gasteiger partial charge in [0.25, 0.3) is 0 Å². The molecule has 1 aliphatic heterocycles. The fourth-order valence-electron chi connectivity index (χ4n) is 2.83. The summed E-state index contributed by atoms with van der Waals surface area (Å²) in [7, 11) is 0. The monoisotopic (exact) mass is 336 g/mol. The molecule has 2 aromatic carbocycles. The highest BCUT2D eigenvalue weighted by atomic mass is 19.4. The lowest BCUT2D eigenvalue weighted by Crippen LogP contribution is -2.23. The largest absolute Gasteiger partial charge is 0.489 e. The Kier molecular flexibility index (Phi) is 4.78. The Labute approximate surface area is 138 Å². The van der Waals surface area contributed by atoms with Gasteiger partial charge in [-0.25, -0.2) is 0 Å². The van der Waals surface area contributed by atoms with Crippen LogP contribution in [-0.2, 0) is 25.9 Å². The summed E-state index contributed by atoms with van der Waals surface area (Å²) < 4.78 is 43.3. The summed E-state index contributed by atoms with van der Waals surface area (Å²) in [4.78, 5) is 2.27. The van der Waals surface area contributed by atoms with Crippen molar-refractivity contribution in [2.24, 2.45) is 5.73 Å². The third-order valence-electron chi connectivity index (χ3n) is 4.10. The second-order valence-corrected chi connectivity index (χ2v) is 5.91. The van der Waals surface area contributed by atoms with Gasteiger partial charge in [0.15, 0.2) is 0 Å². The van der Waals surface area contributed by atoms with Crippen LogP contribution in [-0.4, -0.2) is 18.0 Å². The van der Waals surface area contributed by atoms with Gasteiger partial charge in [0.2, 0.25) is 0 Å². The minimum absolute atomic E-state index is 0.240. The van der Waals surface area contributed by atoms with Crippen LogP contribution in [0, 0.1) is 0 Å². The van der Waals surface area contributed by atoms with Gasteiger partial charge in [-0.2, -0.15) is 13.2 Å². The molecular formula is C18H19F3N2O. The second kappa shape index (κ2) is 6.83. The molecule has 1 heterocycles. The van der Waals surface area contributed by atoms with Crippen molar-refractivity contribution in [1.29, 1.82) is 0 Å². The summed E-state index contributed by atoms with van der Waals surface area (Å²) in [5.41, 5.74) is 8.12. The molecule has 3 rings (SSSR count). The van der Waals surface area contributed by atoms with Crippen molar-refractivity contribution in [3.05, 3.63) is 64.7 Å². The quantitative estimate of drug-likeness (QED) is 0.907. The molecule has 0 amide bonds. The first-order valence-corrected chi connectivity index (χ1v) is 7.79. The van der Waals surface area contributed by atoms with Gasteiger partial charge in [0, 0.05) is 26.2 Å². The van der Waals surface area contributed by atoms with Gasteiger partial charge in [-0.1, -0.05) is 18.2 Å². The van der Waals surface area contributed by atoms with Gasteiger partial charge < -0.3 is 10.5 Å². The van der Waals surface area contributed by atoms with Gasteiger partial charge in [-0.15, -0.1) is 0 Å². The first kappa shape index (κ1) is 16.8. The van der Waals surface area contributed by atoms with Crippen LogP contribution in [0.3, 0.4) is 0 Å². The van der Waals surface area contributed by atoms with Crippen LogP contribution in [0.25, 0.3) is 0 Å². The molecule has 0 atom stereocenters. The molecule has 6 heteroatoms. The molecule has 128 valence electrons. The molecular weight excluding hydrogens is 317 g/mol. The fourth-order valence-corrected chi connectivity index (χ4v) is 2.83. The van der Waals surface area contributed by atoms with Crippen molar-refractivity contribution >= 4 is 0 Å². The molecule has 0 spiro atoms. The maximum Gasteiger partial charge on any atom is 0.416 e. The number of benzene rings is 2. The van der Waals surface area contributed by atoms with Crippen LogP contribution in [0.15, 0.2) is 42.5 Å². The predicted octanol–water partition coefficient (Wildman–Crippen LogP) is 3.56. The average molecular weight is 336 g/mol. The fraction of sp³-hybridized carbons (Fsp3) is 0.333. The van der Waals surface area contributed by atoms with Crippen molar-refractivity contribution in [3.63, 3.8) is 0 Å². The highest BCUT2D eigenvalue weighted by molar-refractivity contribution is 5.38. The molecule has 0 fully saturated rings. The molecule has 0 unspecified atom stereocenters. The Balaban J connectivity index is 1.61. The van der Waals surface area contributed by atoms with Crippen LogP contribution >= 0.6 is 0 Å². The SMILES string of the molecule is NCCN1Cc2ccc(OCc3ccc(C(F)(F)F)cc3)cc2C1. The van der Waals surface area contributed by atoms with E-state index < -0.39 is 11.7 Å². The normalized spacial score (nSPS) is 14.7. The first-order chi connectivity index (χ1) is 11.5. The standard InChI is InChI=1S/C18H19F3N2O/c19-18(20,21)16-4-1-13(2-5-16)12-24-17-6-3-14-10-23(8-7-22)11-15(14)9-17/h1-6,9H,7-8,10-12,22H2. The molecule has 3 nitrogen and oxygen atoms in total. The van der Waals surface area contributed by atoms with E-state index in [0.29, 0.717) is 12.1 Å². The van der Waals surface area contributed by atoms with E-state index in [2.05, 4.69) is 4.90 Å². The van der Waals surface area contributed by atoms with Crippen molar-refractivity contribution in [2.75, 3.05) is 13.1 Å². The summed E-state index contributed by atoms with van der Waals surface area (Å²) in [5, 5.41) is 0. The lowest BCUT2D eigenvalue weighted by Gasteiger charge is -2.11. The number of nitrogens with two attached hydrogens (primary N) is 1. The number of alkyl halides is 3. The van der Waals surface area contributed by atoms with Gasteiger partial charge in [0.1, 0.15) is 12.4 Å². The Hall–Kier alpha value is -2.05. The van der Waals surface area contributed by atoms with E-state index in [0.717, 1.165) is 37.5 Å². The maximum atomic E-state index is 12.5. The molecule has 0 bridgehead atoms. The number of hydrogen-bond acceptors (Lipinski definition) is 3. The Morgan fingerprint density at radius 3 is 2.38 bits per heavy atom. The summed E-state index contributed by atoms with van der Waals surface area (Å²) in [5.74, 6) is 0.725. The zero-order valence-electron chi connectivity index (χ0n) is 13.1. The van der Waals surface area contributed by atoms with Crippen molar-refractivity contribution in [2.45, 2.75) is 25.9 Å². The third kappa shape index (κ3) is 3.88. The van der Waals surface area contributed by atoms with Crippen LogP contribution in [0.1, 0.15) is 22.3 Å². The highest BCUT2D eigenvalue weighted by Crippen LogP contribution is 2.30. The topological polar surface area (TPSA) is 38.5 Å². The van der Waals surface area contributed by atoms with Crippen LogP contribution in [0.5, 0.6) is 5.75 Å². The Morgan fingerprint density at radius 1 is 1.00 bits per heavy atom. The van der Waals surface area contributed by atoms with Gasteiger partial charge in [-0.05, 0) is 41.0 Å². The van der Waals surface area contributed by atoms with Crippen molar-refractivity contribution in [3.8, 4) is 5.75 Å². The molecule has 2 aromatic rings. The number of fused-ring (bicyclic) bond motifs is 1. The van der Waals surface area contributed by atoms with E-state index in [4.69, 9.17) is 10.5 Å². The van der Waals surface area contributed by atoms with Crippen molar-refractivity contribution < 1.29 is 17.9 Å². The lowest BCUT2D eigenvalue weighted by molar-refractivity contribution is -0.137. The van der Waals surface area contributed by atoms with E-state index in [1.165, 1.54) is 23.3 Å². The molecule has 1 aliphatic rings. The smallest absolute Gasteiger partial charge is 0.416 e. The number of ether oxygens (including phenoxy) is 1. The molecule has 24 heavy (non-hydrogen) atoms. The number of rotatable bonds is 5. The van der Waals surface area contributed by atoms with E-state index in [1.54, 1.807) is 0 Å². The molecule has 0 radical (unpaired) electrons. The van der Waals surface area contributed by atoms with E-state index in [1.807, 2.05) is 18.2 Å². The molecule has 0 saturated heterocycles. The molecule has 0 aromatic heterocycles. The van der Waals surface area contributed by atoms with E-state index in [-0.39, 0.29) is 6.61 Å². The zero-order valence-corrected chi connectivity index (χ0v) is 13.1. The number of halogens is 3. The zero-order chi connectivity index (χ0) is 17.2.